The highest BCUT2D eigenvalue weighted by atomic mass is 19.1. The van der Waals surface area contributed by atoms with E-state index in [1.54, 1.807) is 20.0 Å². The summed E-state index contributed by atoms with van der Waals surface area (Å²) in [6.45, 7) is 1.89. The first-order valence-corrected chi connectivity index (χ1v) is 5.34. The summed E-state index contributed by atoms with van der Waals surface area (Å²) in [6, 6.07) is 4.55. The van der Waals surface area contributed by atoms with Crippen LogP contribution in [0.1, 0.15) is 12.5 Å². The molecule has 1 aromatic carbocycles. The molecule has 5 heteroatoms. The highest BCUT2D eigenvalue weighted by molar-refractivity contribution is 5.76. The Kier molecular flexibility index (Phi) is 4.90. The first kappa shape index (κ1) is 13.4. The molecule has 0 aliphatic heterocycles. The largest absolute Gasteiger partial charge is 0.491 e. The van der Waals surface area contributed by atoms with Crippen molar-refractivity contribution in [3.63, 3.8) is 0 Å². The second-order valence-electron chi connectivity index (χ2n) is 3.61. The first-order chi connectivity index (χ1) is 8.08. The van der Waals surface area contributed by atoms with Gasteiger partial charge < -0.3 is 14.7 Å². The number of hydrogen-bond donors (Lipinski definition) is 1. The Hall–Kier alpha value is -1.62. The number of carbonyl (C=O) groups is 1. The van der Waals surface area contributed by atoms with Gasteiger partial charge in [-0.05, 0) is 24.6 Å². The quantitative estimate of drug-likeness (QED) is 0.842. The Bertz CT molecular complexity index is 395. The van der Waals surface area contributed by atoms with Crippen LogP contribution in [0, 0.1) is 5.82 Å². The zero-order valence-electron chi connectivity index (χ0n) is 9.94. The highest BCUT2D eigenvalue weighted by Crippen LogP contribution is 2.19. The normalized spacial score (nSPS) is 10.1. The fourth-order valence-corrected chi connectivity index (χ4v) is 1.40. The van der Waals surface area contributed by atoms with E-state index in [4.69, 9.17) is 9.84 Å². The molecule has 0 unspecified atom stereocenters. The lowest BCUT2D eigenvalue weighted by atomic mass is 10.2. The van der Waals surface area contributed by atoms with Crippen LogP contribution in [-0.2, 0) is 11.3 Å². The summed E-state index contributed by atoms with van der Waals surface area (Å²) in [4.78, 5) is 12.5. The lowest BCUT2D eigenvalue weighted by Gasteiger charge is -2.16. The summed E-state index contributed by atoms with van der Waals surface area (Å²) in [5.41, 5.74) is 0.648. The predicted molar refractivity (Wildman–Crippen MR) is 61.1 cm³/mol. The molecule has 0 fully saturated rings. The third kappa shape index (κ3) is 3.71. The van der Waals surface area contributed by atoms with E-state index in [1.807, 2.05) is 0 Å². The van der Waals surface area contributed by atoms with Crippen LogP contribution >= 0.6 is 0 Å². The molecule has 1 aromatic rings. The molecule has 94 valence electrons. The monoisotopic (exact) mass is 241 g/mol. The van der Waals surface area contributed by atoms with Crippen LogP contribution in [0.25, 0.3) is 0 Å². The number of nitrogens with zero attached hydrogens (tertiary/aromatic N) is 1. The van der Waals surface area contributed by atoms with E-state index in [-0.39, 0.29) is 12.3 Å². The van der Waals surface area contributed by atoms with Crippen molar-refractivity contribution in [1.82, 2.24) is 4.90 Å². The molecule has 1 N–H and O–H groups in total. The molecule has 1 rings (SSSR count). The Morgan fingerprint density at radius 2 is 2.24 bits per heavy atom. The second-order valence-corrected chi connectivity index (χ2v) is 3.61. The third-order valence-electron chi connectivity index (χ3n) is 2.28. The van der Waals surface area contributed by atoms with Gasteiger partial charge in [0.1, 0.15) is 6.61 Å². The zero-order chi connectivity index (χ0) is 12.8. The average molecular weight is 241 g/mol. The Morgan fingerprint density at radius 1 is 1.53 bits per heavy atom. The minimum atomic E-state index is -0.546. The molecular weight excluding hydrogens is 225 g/mol. The van der Waals surface area contributed by atoms with Gasteiger partial charge in [-0.25, -0.2) is 4.39 Å². The molecule has 0 bridgehead atoms. The molecule has 0 radical (unpaired) electrons. The van der Waals surface area contributed by atoms with Crippen molar-refractivity contribution < 1.29 is 19.0 Å². The average Bonchev–Trinajstić information content (AvgIpc) is 2.31. The van der Waals surface area contributed by atoms with E-state index >= 15 is 0 Å². The first-order valence-electron chi connectivity index (χ1n) is 5.34. The molecule has 0 saturated carbocycles. The number of likely N-dealkylation sites (N-methyl/N-ethyl adjacent to an activating group) is 1. The number of halogens is 1. The van der Waals surface area contributed by atoms with E-state index < -0.39 is 18.3 Å². The molecule has 1 amide bonds. The molecular formula is C12H16FNO3. The molecule has 0 atom stereocenters. The van der Waals surface area contributed by atoms with Crippen molar-refractivity contribution in [3.8, 4) is 5.75 Å². The predicted octanol–water partition coefficient (Wildman–Crippen LogP) is 1.18. The number of hydrogen-bond acceptors (Lipinski definition) is 3. The second kappa shape index (κ2) is 6.20. The van der Waals surface area contributed by atoms with E-state index in [0.717, 1.165) is 0 Å². The van der Waals surface area contributed by atoms with Gasteiger partial charge >= 0.3 is 0 Å². The highest BCUT2D eigenvalue weighted by Gasteiger charge is 2.09. The van der Waals surface area contributed by atoms with Crippen molar-refractivity contribution in [2.75, 3.05) is 20.3 Å². The van der Waals surface area contributed by atoms with E-state index in [2.05, 4.69) is 0 Å². The molecule has 0 saturated heterocycles. The van der Waals surface area contributed by atoms with E-state index in [0.29, 0.717) is 12.2 Å². The summed E-state index contributed by atoms with van der Waals surface area (Å²) in [5.74, 6) is -0.652. The number of carbonyl (C=O) groups excluding carboxylic acids is 1. The van der Waals surface area contributed by atoms with Crippen LogP contribution < -0.4 is 4.74 Å². The van der Waals surface area contributed by atoms with Gasteiger partial charge in [-0.2, -0.15) is 0 Å². The van der Waals surface area contributed by atoms with Crippen molar-refractivity contribution in [1.29, 1.82) is 0 Å². The van der Waals surface area contributed by atoms with Crippen LogP contribution in [0.15, 0.2) is 18.2 Å². The van der Waals surface area contributed by atoms with Crippen LogP contribution in [0.5, 0.6) is 5.75 Å². The molecule has 17 heavy (non-hydrogen) atoms. The van der Waals surface area contributed by atoms with Crippen molar-refractivity contribution in [3.05, 3.63) is 29.6 Å². The van der Waals surface area contributed by atoms with Gasteiger partial charge in [-0.1, -0.05) is 6.07 Å². The number of amides is 1. The molecule has 0 aliphatic rings. The van der Waals surface area contributed by atoms with Crippen LogP contribution in [0.4, 0.5) is 4.39 Å². The number of ether oxygens (including phenoxy) is 1. The SMILES string of the molecule is CCOc1ccc(CN(C)C(=O)CO)cc1F. The Labute approximate surface area is 99.6 Å². The van der Waals surface area contributed by atoms with Gasteiger partial charge in [0, 0.05) is 13.6 Å². The fourth-order valence-electron chi connectivity index (χ4n) is 1.40. The number of benzene rings is 1. The molecule has 0 heterocycles. The fraction of sp³-hybridized carbons (Fsp3) is 0.417. The maximum atomic E-state index is 13.5. The minimum absolute atomic E-state index is 0.201. The number of rotatable bonds is 5. The maximum Gasteiger partial charge on any atom is 0.248 e. The lowest BCUT2D eigenvalue weighted by Crippen LogP contribution is -2.28. The topological polar surface area (TPSA) is 49.8 Å². The minimum Gasteiger partial charge on any atom is -0.491 e. The van der Waals surface area contributed by atoms with Crippen molar-refractivity contribution in [2.24, 2.45) is 0 Å². The summed E-state index contributed by atoms with van der Waals surface area (Å²) >= 11 is 0. The smallest absolute Gasteiger partial charge is 0.248 e. The Morgan fingerprint density at radius 3 is 2.76 bits per heavy atom. The zero-order valence-corrected chi connectivity index (χ0v) is 9.94. The van der Waals surface area contributed by atoms with Gasteiger partial charge in [0.15, 0.2) is 11.6 Å². The number of aliphatic hydroxyl groups excluding tert-OH is 1. The summed E-state index contributed by atoms with van der Waals surface area (Å²) in [6.07, 6.45) is 0. The maximum absolute atomic E-state index is 13.5. The van der Waals surface area contributed by atoms with Gasteiger partial charge in [0.05, 0.1) is 6.61 Å². The number of aliphatic hydroxyl groups is 1. The van der Waals surface area contributed by atoms with Crippen LogP contribution in [0.3, 0.4) is 0 Å². The van der Waals surface area contributed by atoms with E-state index in [1.165, 1.54) is 17.0 Å². The molecule has 0 aromatic heterocycles. The van der Waals surface area contributed by atoms with Crippen LogP contribution in [0.2, 0.25) is 0 Å². The van der Waals surface area contributed by atoms with Gasteiger partial charge in [-0.15, -0.1) is 0 Å². The van der Waals surface area contributed by atoms with Crippen molar-refractivity contribution >= 4 is 5.91 Å². The lowest BCUT2D eigenvalue weighted by molar-refractivity contribution is -0.133. The van der Waals surface area contributed by atoms with Gasteiger partial charge in [0.2, 0.25) is 5.91 Å². The summed E-state index contributed by atoms with van der Waals surface area (Å²) in [5, 5.41) is 8.67. The summed E-state index contributed by atoms with van der Waals surface area (Å²) < 4.78 is 18.6. The van der Waals surface area contributed by atoms with Crippen molar-refractivity contribution in [2.45, 2.75) is 13.5 Å². The molecule has 0 spiro atoms. The standard InChI is InChI=1S/C12H16FNO3/c1-3-17-11-5-4-9(6-10(11)13)7-14(2)12(16)8-15/h4-6,15H,3,7-8H2,1-2H3. The van der Waals surface area contributed by atoms with Crippen LogP contribution in [-0.4, -0.2) is 36.2 Å². The summed E-state index contributed by atoms with van der Waals surface area (Å²) in [7, 11) is 1.55. The molecule has 0 aliphatic carbocycles. The van der Waals surface area contributed by atoms with Gasteiger partial charge in [-0.3, -0.25) is 4.79 Å². The third-order valence-corrected chi connectivity index (χ3v) is 2.28. The van der Waals surface area contributed by atoms with Gasteiger partial charge in [0.25, 0.3) is 0 Å². The van der Waals surface area contributed by atoms with E-state index in [9.17, 15) is 9.18 Å². The molecule has 4 nitrogen and oxygen atoms in total. The Balaban J connectivity index is 2.73.